The Morgan fingerprint density at radius 2 is 1.95 bits per heavy atom. The number of hydrogen-bond acceptors (Lipinski definition) is 3. The number of nitrogens with zero attached hydrogens (tertiary/aromatic N) is 1. The number of amides is 1. The van der Waals surface area contributed by atoms with Gasteiger partial charge in [0.25, 0.3) is 0 Å². The third-order valence-electron chi connectivity index (χ3n) is 3.23. The first-order chi connectivity index (χ1) is 10.2. The van der Waals surface area contributed by atoms with E-state index in [9.17, 15) is 9.59 Å². The van der Waals surface area contributed by atoms with Gasteiger partial charge in [-0.3, -0.25) is 0 Å². The second-order valence-corrected chi connectivity index (χ2v) is 6.33. The molecule has 0 fully saturated rings. The summed E-state index contributed by atoms with van der Waals surface area (Å²) < 4.78 is 5.40. The lowest BCUT2D eigenvalue weighted by molar-refractivity contribution is 0.0211. The van der Waals surface area contributed by atoms with Gasteiger partial charge in [-0.1, -0.05) is 25.5 Å². The van der Waals surface area contributed by atoms with Crippen molar-refractivity contribution in [2.45, 2.75) is 52.2 Å². The van der Waals surface area contributed by atoms with Gasteiger partial charge < -0.3 is 14.7 Å². The molecule has 1 amide bonds. The average molecular weight is 307 g/mol. The third-order valence-corrected chi connectivity index (χ3v) is 3.23. The predicted octanol–water partition coefficient (Wildman–Crippen LogP) is 4.09. The van der Waals surface area contributed by atoms with Crippen LogP contribution in [0, 0.1) is 0 Å². The summed E-state index contributed by atoms with van der Waals surface area (Å²) in [5.41, 5.74) is 0.455. The summed E-state index contributed by atoms with van der Waals surface area (Å²) in [5.74, 6) is -0.975. The van der Waals surface area contributed by atoms with E-state index in [-0.39, 0.29) is 11.6 Å². The van der Waals surface area contributed by atoms with Crippen LogP contribution in [0.5, 0.6) is 0 Å². The molecule has 1 aromatic carbocycles. The van der Waals surface area contributed by atoms with Crippen molar-refractivity contribution in [2.75, 3.05) is 7.05 Å². The lowest BCUT2D eigenvalue weighted by Gasteiger charge is -2.31. The van der Waals surface area contributed by atoms with Crippen LogP contribution in [-0.2, 0) is 4.74 Å². The van der Waals surface area contributed by atoms with E-state index < -0.39 is 17.7 Å². The fourth-order valence-corrected chi connectivity index (χ4v) is 2.20. The minimum Gasteiger partial charge on any atom is -0.478 e. The number of ether oxygens (including phenoxy) is 1. The number of carbonyl (C=O) groups is 2. The van der Waals surface area contributed by atoms with E-state index in [1.807, 2.05) is 33.8 Å². The van der Waals surface area contributed by atoms with Crippen molar-refractivity contribution in [1.29, 1.82) is 0 Å². The molecule has 122 valence electrons. The Balaban J connectivity index is 3.04. The lowest BCUT2D eigenvalue weighted by atomic mass is 9.99. The van der Waals surface area contributed by atoms with E-state index in [0.29, 0.717) is 0 Å². The van der Waals surface area contributed by atoms with Gasteiger partial charge in [0.15, 0.2) is 0 Å². The Bertz CT molecular complexity index is 534. The molecule has 0 saturated heterocycles. The fourth-order valence-electron chi connectivity index (χ4n) is 2.20. The van der Waals surface area contributed by atoms with E-state index in [1.165, 1.54) is 4.90 Å². The Labute approximate surface area is 131 Å². The highest BCUT2D eigenvalue weighted by Crippen LogP contribution is 2.27. The van der Waals surface area contributed by atoms with E-state index in [1.54, 1.807) is 25.2 Å². The minimum absolute atomic E-state index is 0.209. The van der Waals surface area contributed by atoms with Gasteiger partial charge >= 0.3 is 12.1 Å². The maximum Gasteiger partial charge on any atom is 0.410 e. The molecule has 0 radical (unpaired) electrons. The summed E-state index contributed by atoms with van der Waals surface area (Å²) in [4.78, 5) is 24.9. The third kappa shape index (κ3) is 5.06. The molecule has 1 rings (SSSR count). The molecule has 0 aromatic heterocycles. The number of hydrogen-bond donors (Lipinski definition) is 1. The van der Waals surface area contributed by atoms with Crippen molar-refractivity contribution in [2.24, 2.45) is 0 Å². The summed E-state index contributed by atoms with van der Waals surface area (Å²) in [6, 6.07) is 6.49. The van der Waals surface area contributed by atoms with E-state index in [0.717, 1.165) is 18.4 Å². The molecular weight excluding hydrogens is 282 g/mol. The summed E-state index contributed by atoms with van der Waals surface area (Å²) in [7, 11) is 1.68. The van der Waals surface area contributed by atoms with Crippen molar-refractivity contribution in [3.8, 4) is 0 Å². The number of carboxylic acids is 1. The zero-order valence-corrected chi connectivity index (χ0v) is 13.9. The van der Waals surface area contributed by atoms with Gasteiger partial charge in [0, 0.05) is 7.05 Å². The van der Waals surface area contributed by atoms with Gasteiger partial charge in [-0.2, -0.15) is 0 Å². The van der Waals surface area contributed by atoms with Crippen LogP contribution in [0.1, 0.15) is 62.5 Å². The highest BCUT2D eigenvalue weighted by atomic mass is 16.6. The van der Waals surface area contributed by atoms with Gasteiger partial charge in [-0.15, -0.1) is 0 Å². The first-order valence-corrected chi connectivity index (χ1v) is 7.44. The molecule has 0 heterocycles. The van der Waals surface area contributed by atoms with E-state index >= 15 is 0 Å². The first kappa shape index (κ1) is 18.0. The predicted molar refractivity (Wildman–Crippen MR) is 85.0 cm³/mol. The van der Waals surface area contributed by atoms with Crippen LogP contribution in [-0.4, -0.2) is 34.7 Å². The Morgan fingerprint density at radius 3 is 2.45 bits per heavy atom. The molecule has 1 atom stereocenters. The maximum atomic E-state index is 12.3. The molecule has 0 aliphatic carbocycles. The number of carbonyl (C=O) groups excluding carboxylic acids is 1. The van der Waals surface area contributed by atoms with Crippen molar-refractivity contribution >= 4 is 12.1 Å². The van der Waals surface area contributed by atoms with Gasteiger partial charge in [-0.05, 0) is 44.9 Å². The molecule has 0 spiro atoms. The van der Waals surface area contributed by atoms with Gasteiger partial charge in [0.1, 0.15) is 5.60 Å². The quantitative estimate of drug-likeness (QED) is 0.889. The van der Waals surface area contributed by atoms with Crippen LogP contribution in [0.15, 0.2) is 24.3 Å². The topological polar surface area (TPSA) is 66.8 Å². The van der Waals surface area contributed by atoms with Gasteiger partial charge in [0.2, 0.25) is 0 Å². The monoisotopic (exact) mass is 307 g/mol. The molecule has 5 nitrogen and oxygen atoms in total. The first-order valence-electron chi connectivity index (χ1n) is 7.44. The SMILES string of the molecule is CCCC(c1cccc(C(=O)O)c1)N(C)C(=O)OC(C)(C)C. The zero-order valence-electron chi connectivity index (χ0n) is 13.9. The van der Waals surface area contributed by atoms with Crippen molar-refractivity contribution in [3.63, 3.8) is 0 Å². The number of benzene rings is 1. The van der Waals surface area contributed by atoms with Crippen molar-refractivity contribution in [3.05, 3.63) is 35.4 Å². The van der Waals surface area contributed by atoms with Crippen molar-refractivity contribution in [1.82, 2.24) is 4.90 Å². The second-order valence-electron chi connectivity index (χ2n) is 6.33. The number of aromatic carboxylic acids is 1. The average Bonchev–Trinajstić information content (AvgIpc) is 2.42. The highest BCUT2D eigenvalue weighted by molar-refractivity contribution is 5.87. The normalized spacial score (nSPS) is 12.6. The number of carboxylic acid groups (broad SMARTS) is 1. The maximum absolute atomic E-state index is 12.3. The fraction of sp³-hybridized carbons (Fsp3) is 0.529. The summed E-state index contributed by atoms with van der Waals surface area (Å²) in [6.07, 6.45) is 1.19. The molecule has 5 heteroatoms. The zero-order chi connectivity index (χ0) is 16.9. The molecule has 0 aliphatic heterocycles. The smallest absolute Gasteiger partial charge is 0.410 e. The Hall–Kier alpha value is -2.04. The van der Waals surface area contributed by atoms with Crippen LogP contribution in [0.4, 0.5) is 4.79 Å². The standard InChI is InChI=1S/C17H25NO4/c1-6-8-14(18(5)16(21)22-17(2,3)4)12-9-7-10-13(11-12)15(19)20/h7,9-11,14H,6,8H2,1-5H3,(H,19,20). The summed E-state index contributed by atoms with van der Waals surface area (Å²) in [6.45, 7) is 7.48. The molecule has 1 unspecified atom stereocenters. The molecular formula is C17H25NO4. The largest absolute Gasteiger partial charge is 0.478 e. The molecule has 1 aromatic rings. The Morgan fingerprint density at radius 1 is 1.32 bits per heavy atom. The van der Waals surface area contributed by atoms with Crippen LogP contribution in [0.2, 0.25) is 0 Å². The van der Waals surface area contributed by atoms with Crippen molar-refractivity contribution < 1.29 is 19.4 Å². The van der Waals surface area contributed by atoms with E-state index in [4.69, 9.17) is 9.84 Å². The second kappa shape index (κ2) is 7.29. The lowest BCUT2D eigenvalue weighted by Crippen LogP contribution is -2.36. The van der Waals surface area contributed by atoms with Crippen LogP contribution in [0.25, 0.3) is 0 Å². The number of rotatable bonds is 5. The highest BCUT2D eigenvalue weighted by Gasteiger charge is 2.26. The van der Waals surface area contributed by atoms with E-state index in [2.05, 4.69) is 0 Å². The van der Waals surface area contributed by atoms with Gasteiger partial charge in [-0.25, -0.2) is 9.59 Å². The molecule has 0 bridgehead atoms. The van der Waals surface area contributed by atoms with Gasteiger partial charge in [0.05, 0.1) is 11.6 Å². The minimum atomic E-state index is -0.975. The Kier molecular flexibility index (Phi) is 5.97. The molecule has 1 N–H and O–H groups in total. The molecule has 22 heavy (non-hydrogen) atoms. The summed E-state index contributed by atoms with van der Waals surface area (Å²) >= 11 is 0. The van der Waals surface area contributed by atoms with Crippen LogP contribution >= 0.6 is 0 Å². The summed E-state index contributed by atoms with van der Waals surface area (Å²) in [5, 5.41) is 9.12. The van der Waals surface area contributed by atoms with Crippen LogP contribution < -0.4 is 0 Å². The molecule has 0 aliphatic rings. The van der Waals surface area contributed by atoms with Crippen LogP contribution in [0.3, 0.4) is 0 Å². The molecule has 0 saturated carbocycles.